The Morgan fingerprint density at radius 2 is 2.00 bits per heavy atom. The van der Waals surface area contributed by atoms with Crippen molar-refractivity contribution in [1.82, 2.24) is 25.0 Å². The molecule has 1 aliphatic rings. The second-order valence-electron chi connectivity index (χ2n) is 9.11. The number of anilines is 2. The zero-order chi connectivity index (χ0) is 23.5. The Balaban J connectivity index is 1.51. The molecular formula is C24H31N7O2. The number of benzene rings is 1. The fraction of sp³-hybridized carbons (Fsp3) is 0.417. The van der Waals surface area contributed by atoms with E-state index in [2.05, 4.69) is 70.7 Å². The topological polar surface area (TPSA) is 120 Å². The molecule has 0 aliphatic carbocycles. The van der Waals surface area contributed by atoms with Gasteiger partial charge >= 0.3 is 11.8 Å². The van der Waals surface area contributed by atoms with Crippen LogP contribution in [0.4, 0.5) is 11.5 Å². The van der Waals surface area contributed by atoms with Crippen molar-refractivity contribution >= 4 is 34.2 Å². The number of rotatable bonds is 5. The van der Waals surface area contributed by atoms with Crippen LogP contribution in [-0.4, -0.2) is 64.0 Å². The van der Waals surface area contributed by atoms with Gasteiger partial charge in [0.1, 0.15) is 11.3 Å². The first kappa shape index (κ1) is 22.7. The summed E-state index contributed by atoms with van der Waals surface area (Å²) < 4.78 is 0. The number of nitrogens with zero attached hydrogens (tertiary/aromatic N) is 4. The molecule has 9 heteroatoms. The largest absolute Gasteiger partial charge is 0.383 e. The van der Waals surface area contributed by atoms with Gasteiger partial charge in [0.25, 0.3) is 0 Å². The van der Waals surface area contributed by atoms with Crippen LogP contribution in [0.1, 0.15) is 36.9 Å². The maximum atomic E-state index is 13.3. The number of hydrogen-bond donors (Lipinski definition) is 3. The van der Waals surface area contributed by atoms with Crippen molar-refractivity contribution in [3.05, 3.63) is 47.8 Å². The molecule has 0 unspecified atom stereocenters. The summed E-state index contributed by atoms with van der Waals surface area (Å²) in [4.78, 5) is 34.1. The molecule has 174 valence electrons. The number of aromatic amines is 1. The second-order valence-corrected chi connectivity index (χ2v) is 9.11. The summed E-state index contributed by atoms with van der Waals surface area (Å²) in [6.45, 7) is 3.63. The van der Waals surface area contributed by atoms with Crippen LogP contribution in [0.25, 0.3) is 10.9 Å². The molecule has 2 atom stereocenters. The number of hydrogen-bond acceptors (Lipinski definition) is 6. The zero-order valence-electron chi connectivity index (χ0n) is 19.3. The number of aromatic nitrogens is 3. The number of likely N-dealkylation sites (N-methyl/N-ethyl adjacent to an activating group) is 1. The SMILES string of the molecule is C[C@H]1CC[C@H](c2ccc(CCN(C)C)cc2)N(C(=O)C(=O)Nc2cnc(N)c3c[nH]nc23)C1. The molecule has 0 radical (unpaired) electrons. The van der Waals surface area contributed by atoms with Gasteiger partial charge in [-0.2, -0.15) is 5.10 Å². The summed E-state index contributed by atoms with van der Waals surface area (Å²) in [6, 6.07) is 8.28. The molecule has 1 saturated heterocycles. The van der Waals surface area contributed by atoms with Crippen LogP contribution < -0.4 is 11.1 Å². The average molecular weight is 450 g/mol. The van der Waals surface area contributed by atoms with Crippen LogP contribution in [0.3, 0.4) is 0 Å². The lowest BCUT2D eigenvalue weighted by Crippen LogP contribution is -2.46. The van der Waals surface area contributed by atoms with Gasteiger partial charge in [-0.1, -0.05) is 31.2 Å². The lowest BCUT2D eigenvalue weighted by atomic mass is 9.89. The highest BCUT2D eigenvalue weighted by Crippen LogP contribution is 2.34. The third-order valence-electron chi connectivity index (χ3n) is 6.24. The average Bonchev–Trinajstić information content (AvgIpc) is 3.30. The first-order chi connectivity index (χ1) is 15.8. The molecular weight excluding hydrogens is 418 g/mol. The predicted octanol–water partition coefficient (Wildman–Crippen LogP) is 2.58. The van der Waals surface area contributed by atoms with Gasteiger partial charge in [0.2, 0.25) is 0 Å². The van der Waals surface area contributed by atoms with E-state index in [1.54, 1.807) is 11.1 Å². The van der Waals surface area contributed by atoms with Crippen molar-refractivity contribution in [3.8, 4) is 0 Å². The number of fused-ring (bicyclic) bond motifs is 1. The Bertz CT molecular complexity index is 1140. The summed E-state index contributed by atoms with van der Waals surface area (Å²) >= 11 is 0. The van der Waals surface area contributed by atoms with E-state index in [-0.39, 0.29) is 6.04 Å². The van der Waals surface area contributed by atoms with Crippen LogP contribution in [0.15, 0.2) is 36.7 Å². The Morgan fingerprint density at radius 1 is 1.24 bits per heavy atom. The molecule has 3 aromatic rings. The van der Waals surface area contributed by atoms with Gasteiger partial charge in [-0.25, -0.2) is 4.98 Å². The highest BCUT2D eigenvalue weighted by atomic mass is 16.2. The number of amides is 2. The first-order valence-electron chi connectivity index (χ1n) is 11.3. The zero-order valence-corrected chi connectivity index (χ0v) is 19.3. The number of pyridine rings is 1. The van der Waals surface area contributed by atoms with E-state index in [0.717, 1.165) is 31.4 Å². The van der Waals surface area contributed by atoms with Gasteiger partial charge < -0.3 is 20.9 Å². The summed E-state index contributed by atoms with van der Waals surface area (Å²) in [5, 5.41) is 10.1. The Morgan fingerprint density at radius 3 is 2.73 bits per heavy atom. The molecule has 33 heavy (non-hydrogen) atoms. The maximum Gasteiger partial charge on any atom is 0.314 e. The second kappa shape index (κ2) is 9.58. The molecule has 2 amide bonds. The monoisotopic (exact) mass is 449 g/mol. The number of nitrogens with two attached hydrogens (primary N) is 1. The molecule has 1 aliphatic heterocycles. The molecule has 9 nitrogen and oxygen atoms in total. The molecule has 2 aromatic heterocycles. The predicted molar refractivity (Wildman–Crippen MR) is 128 cm³/mol. The highest BCUT2D eigenvalue weighted by Gasteiger charge is 2.34. The van der Waals surface area contributed by atoms with E-state index in [0.29, 0.717) is 34.9 Å². The molecule has 3 heterocycles. The summed E-state index contributed by atoms with van der Waals surface area (Å²) in [5.41, 5.74) is 8.99. The molecule has 0 bridgehead atoms. The molecule has 4 N–H and O–H groups in total. The molecule has 4 rings (SSSR count). The number of H-pyrrole nitrogens is 1. The van der Waals surface area contributed by atoms with Crippen molar-refractivity contribution in [1.29, 1.82) is 0 Å². The van der Waals surface area contributed by atoms with E-state index in [4.69, 9.17) is 5.73 Å². The van der Waals surface area contributed by atoms with Gasteiger partial charge in [0, 0.05) is 19.3 Å². The summed E-state index contributed by atoms with van der Waals surface area (Å²) in [6.07, 6.45) is 5.84. The van der Waals surface area contributed by atoms with Crippen molar-refractivity contribution in [2.24, 2.45) is 5.92 Å². The number of likely N-dealkylation sites (tertiary alicyclic amines) is 1. The van der Waals surface area contributed by atoms with E-state index in [1.165, 1.54) is 11.8 Å². The number of piperidine rings is 1. The minimum Gasteiger partial charge on any atom is -0.383 e. The maximum absolute atomic E-state index is 13.3. The Kier molecular flexibility index (Phi) is 6.60. The molecule has 0 spiro atoms. The van der Waals surface area contributed by atoms with Crippen molar-refractivity contribution in [3.63, 3.8) is 0 Å². The molecule has 0 saturated carbocycles. The third-order valence-corrected chi connectivity index (χ3v) is 6.24. The van der Waals surface area contributed by atoms with Crippen molar-refractivity contribution in [2.75, 3.05) is 38.2 Å². The first-order valence-corrected chi connectivity index (χ1v) is 11.3. The number of nitrogens with one attached hydrogen (secondary N) is 2. The number of carbonyl (C=O) groups excluding carboxylic acids is 2. The summed E-state index contributed by atoms with van der Waals surface area (Å²) in [7, 11) is 4.12. The van der Waals surface area contributed by atoms with Crippen molar-refractivity contribution in [2.45, 2.75) is 32.2 Å². The number of carbonyl (C=O) groups is 2. The number of nitrogen functional groups attached to an aromatic ring is 1. The van der Waals surface area contributed by atoms with Crippen LogP contribution >= 0.6 is 0 Å². The fourth-order valence-corrected chi connectivity index (χ4v) is 4.34. The van der Waals surface area contributed by atoms with Crippen LogP contribution in [0.2, 0.25) is 0 Å². The molecule has 1 fully saturated rings. The van der Waals surface area contributed by atoms with Gasteiger partial charge in [-0.15, -0.1) is 0 Å². The standard InChI is InChI=1S/C24H31N7O2/c1-15-4-9-20(17-7-5-16(6-8-17)10-11-30(2)3)31(14-15)24(33)23(32)28-19-13-26-22(25)18-12-27-29-21(18)19/h5-8,12-13,15,20H,4,9-11,14H2,1-3H3,(H2,25,26)(H,27,29)(H,28,32)/t15-,20+/m0/s1. The van der Waals surface area contributed by atoms with Gasteiger partial charge in [0.15, 0.2) is 0 Å². The normalized spacial score (nSPS) is 18.6. The fourth-order valence-electron chi connectivity index (χ4n) is 4.34. The lowest BCUT2D eigenvalue weighted by molar-refractivity contribution is -0.146. The van der Waals surface area contributed by atoms with E-state index < -0.39 is 11.8 Å². The van der Waals surface area contributed by atoms with E-state index >= 15 is 0 Å². The van der Waals surface area contributed by atoms with Crippen molar-refractivity contribution < 1.29 is 9.59 Å². The minimum atomic E-state index is -0.701. The van der Waals surface area contributed by atoms with Gasteiger partial charge in [0.05, 0.1) is 23.3 Å². The Hall–Kier alpha value is -3.46. The van der Waals surface area contributed by atoms with E-state index in [9.17, 15) is 9.59 Å². The van der Waals surface area contributed by atoms with Gasteiger partial charge in [-0.05, 0) is 50.4 Å². The summed E-state index contributed by atoms with van der Waals surface area (Å²) in [5.74, 6) is -0.619. The molecule has 1 aromatic carbocycles. The van der Waals surface area contributed by atoms with Gasteiger partial charge in [-0.3, -0.25) is 14.7 Å². The van der Waals surface area contributed by atoms with Crippen LogP contribution in [-0.2, 0) is 16.0 Å². The smallest absolute Gasteiger partial charge is 0.314 e. The van der Waals surface area contributed by atoms with Crippen LogP contribution in [0.5, 0.6) is 0 Å². The minimum absolute atomic E-state index is 0.128. The Labute approximate surface area is 193 Å². The lowest BCUT2D eigenvalue weighted by Gasteiger charge is -2.38. The highest BCUT2D eigenvalue weighted by molar-refractivity contribution is 6.40. The van der Waals surface area contributed by atoms with Crippen LogP contribution in [0, 0.1) is 5.92 Å². The quantitative estimate of drug-likeness (QED) is 0.515. The van der Waals surface area contributed by atoms with E-state index in [1.807, 2.05) is 0 Å². The third kappa shape index (κ3) is 4.98.